The molecule has 31 heavy (non-hydrogen) atoms. The van der Waals surface area contributed by atoms with E-state index >= 15 is 0 Å². The number of nitrogens with zero attached hydrogens (tertiary/aromatic N) is 2. The number of nitrogens with one attached hydrogen (secondary N) is 2. The van der Waals surface area contributed by atoms with Crippen LogP contribution < -0.4 is 10.8 Å². The Morgan fingerprint density at radius 1 is 1.32 bits per heavy atom. The van der Waals surface area contributed by atoms with E-state index in [9.17, 15) is 14.4 Å². The van der Waals surface area contributed by atoms with Crippen molar-refractivity contribution in [2.24, 2.45) is 17.3 Å². The number of likely N-dealkylation sites (tertiary alicyclic amines) is 1. The molecule has 2 saturated carbocycles. The molecule has 9 nitrogen and oxygen atoms in total. The highest BCUT2D eigenvalue weighted by molar-refractivity contribution is 5.98. The summed E-state index contributed by atoms with van der Waals surface area (Å²) in [5.74, 6) is -0.0698. The van der Waals surface area contributed by atoms with Gasteiger partial charge in [-0.2, -0.15) is 0 Å². The van der Waals surface area contributed by atoms with E-state index in [2.05, 4.69) is 10.5 Å². The zero-order valence-corrected chi connectivity index (χ0v) is 18.1. The van der Waals surface area contributed by atoms with Gasteiger partial charge in [-0.05, 0) is 37.0 Å². The molecule has 3 fully saturated rings. The van der Waals surface area contributed by atoms with Crippen molar-refractivity contribution in [3.05, 3.63) is 11.8 Å². The highest BCUT2D eigenvalue weighted by Gasteiger charge is 2.56. The molecule has 1 spiro atoms. The van der Waals surface area contributed by atoms with Crippen molar-refractivity contribution in [3.8, 4) is 0 Å². The van der Waals surface area contributed by atoms with Crippen molar-refractivity contribution < 1.29 is 24.1 Å². The quantitative estimate of drug-likeness (QED) is 0.428. The molecule has 0 radical (unpaired) electrons. The highest BCUT2D eigenvalue weighted by Crippen LogP contribution is 2.55. The number of hydroxylamine groups is 1. The second kappa shape index (κ2) is 8.98. The molecule has 170 valence electrons. The van der Waals surface area contributed by atoms with Crippen LogP contribution >= 0.6 is 0 Å². The van der Waals surface area contributed by atoms with Crippen LogP contribution in [0.5, 0.6) is 0 Å². The Balaban J connectivity index is 1.49. The Kier molecular flexibility index (Phi) is 6.31. The van der Waals surface area contributed by atoms with E-state index in [1.165, 1.54) is 0 Å². The van der Waals surface area contributed by atoms with Crippen LogP contribution in [0.1, 0.15) is 70.5 Å². The molecule has 3 amide bonds. The van der Waals surface area contributed by atoms with Gasteiger partial charge in [0.2, 0.25) is 17.7 Å². The van der Waals surface area contributed by atoms with E-state index in [-0.39, 0.29) is 23.7 Å². The molecule has 2 heterocycles. The molecule has 2 atom stereocenters. The molecule has 4 rings (SSSR count). The topological polar surface area (TPSA) is 125 Å². The Bertz CT molecular complexity index is 828. The fourth-order valence-corrected chi connectivity index (χ4v) is 5.23. The number of rotatable bonds is 8. The molecule has 9 heteroatoms. The van der Waals surface area contributed by atoms with Crippen molar-refractivity contribution in [2.75, 3.05) is 11.9 Å². The summed E-state index contributed by atoms with van der Waals surface area (Å²) < 4.78 is 5.16. The summed E-state index contributed by atoms with van der Waals surface area (Å²) in [7, 11) is 0. The number of aromatic nitrogens is 1. The first-order valence-corrected chi connectivity index (χ1v) is 11.4. The Morgan fingerprint density at radius 2 is 2.06 bits per heavy atom. The van der Waals surface area contributed by atoms with Crippen LogP contribution in [0.25, 0.3) is 0 Å². The molecule has 0 unspecified atom stereocenters. The zero-order chi connectivity index (χ0) is 22.0. The van der Waals surface area contributed by atoms with E-state index in [4.69, 9.17) is 9.73 Å². The summed E-state index contributed by atoms with van der Waals surface area (Å²) in [5, 5.41) is 15.7. The largest absolute Gasteiger partial charge is 0.359 e. The fourth-order valence-electron chi connectivity index (χ4n) is 5.23. The van der Waals surface area contributed by atoms with Crippen LogP contribution in [-0.4, -0.2) is 45.6 Å². The van der Waals surface area contributed by atoms with Crippen molar-refractivity contribution in [3.63, 3.8) is 0 Å². The monoisotopic (exact) mass is 432 g/mol. The molecule has 0 aromatic carbocycles. The summed E-state index contributed by atoms with van der Waals surface area (Å²) in [4.78, 5) is 40.2. The lowest BCUT2D eigenvalue weighted by Gasteiger charge is -2.29. The van der Waals surface area contributed by atoms with Gasteiger partial charge in [0, 0.05) is 31.4 Å². The van der Waals surface area contributed by atoms with Crippen molar-refractivity contribution in [2.45, 2.75) is 77.2 Å². The first-order valence-electron chi connectivity index (χ1n) is 11.4. The normalized spacial score (nSPS) is 23.2. The number of carbonyl (C=O) groups is 3. The van der Waals surface area contributed by atoms with Gasteiger partial charge in [0.1, 0.15) is 11.8 Å². The molecule has 3 N–H and O–H groups in total. The minimum atomic E-state index is -0.583. The number of amides is 3. The second-order valence-corrected chi connectivity index (χ2v) is 9.53. The second-order valence-electron chi connectivity index (χ2n) is 9.53. The van der Waals surface area contributed by atoms with Gasteiger partial charge < -0.3 is 14.7 Å². The molecule has 1 aromatic heterocycles. The van der Waals surface area contributed by atoms with E-state index in [0.29, 0.717) is 43.3 Å². The lowest BCUT2D eigenvalue weighted by Crippen LogP contribution is -2.46. The predicted molar refractivity (Wildman–Crippen MR) is 111 cm³/mol. The molecule has 3 aliphatic rings. The lowest BCUT2D eigenvalue weighted by atomic mass is 9.89. The van der Waals surface area contributed by atoms with E-state index in [1.54, 1.807) is 16.4 Å². The van der Waals surface area contributed by atoms with Gasteiger partial charge in [-0.25, -0.2) is 5.48 Å². The van der Waals surface area contributed by atoms with Crippen LogP contribution in [0.15, 0.2) is 10.6 Å². The van der Waals surface area contributed by atoms with Gasteiger partial charge in [-0.15, -0.1) is 0 Å². The summed E-state index contributed by atoms with van der Waals surface area (Å²) in [6, 6.07) is 1.11. The highest BCUT2D eigenvalue weighted by atomic mass is 16.5. The Labute approximate surface area is 181 Å². The molecular weight excluding hydrogens is 400 g/mol. The number of hydrogen-bond donors (Lipinski definition) is 3. The summed E-state index contributed by atoms with van der Waals surface area (Å²) >= 11 is 0. The first-order chi connectivity index (χ1) is 14.9. The maximum absolute atomic E-state index is 13.6. The summed E-state index contributed by atoms with van der Waals surface area (Å²) in [6.07, 6.45) is 8.29. The van der Waals surface area contributed by atoms with Crippen molar-refractivity contribution in [1.29, 1.82) is 0 Å². The van der Waals surface area contributed by atoms with Gasteiger partial charge in [-0.3, -0.25) is 19.6 Å². The van der Waals surface area contributed by atoms with Crippen LogP contribution in [0.4, 0.5) is 5.82 Å². The summed E-state index contributed by atoms with van der Waals surface area (Å²) in [6.45, 7) is 2.48. The third kappa shape index (κ3) is 4.92. The Morgan fingerprint density at radius 3 is 2.68 bits per heavy atom. The van der Waals surface area contributed by atoms with Crippen LogP contribution in [0, 0.1) is 17.3 Å². The third-order valence-corrected chi connectivity index (χ3v) is 7.21. The molecule has 2 aliphatic carbocycles. The van der Waals surface area contributed by atoms with Gasteiger partial charge in [0.15, 0.2) is 5.82 Å². The predicted octanol–water partition coefficient (Wildman–Crippen LogP) is 2.65. The molecule has 1 aliphatic heterocycles. The Hall–Kier alpha value is -2.42. The van der Waals surface area contributed by atoms with Gasteiger partial charge in [0.05, 0.1) is 0 Å². The molecule has 0 bridgehead atoms. The molecule has 1 saturated heterocycles. The maximum atomic E-state index is 13.6. The van der Waals surface area contributed by atoms with Gasteiger partial charge in [0.25, 0.3) is 0 Å². The SMILES string of the molecule is CCc1cc(NC(=O)[C@@H]2CC3(CC3)CN2C(=O)[C@@H](CC(=O)NO)CC2CCCC2)no1. The first kappa shape index (κ1) is 21.8. The minimum Gasteiger partial charge on any atom is -0.359 e. The maximum Gasteiger partial charge on any atom is 0.248 e. The average molecular weight is 433 g/mol. The summed E-state index contributed by atoms with van der Waals surface area (Å²) in [5.41, 5.74) is 1.68. The number of hydrogen-bond acceptors (Lipinski definition) is 6. The minimum absolute atomic E-state index is 0.0210. The third-order valence-electron chi connectivity index (χ3n) is 7.21. The zero-order valence-electron chi connectivity index (χ0n) is 18.1. The van der Waals surface area contributed by atoms with Crippen LogP contribution in [0.3, 0.4) is 0 Å². The standard InChI is InChI=1S/C22H32N4O5/c1-2-16-11-18(25-31-16)23-20(28)17-12-22(7-8-22)13-26(17)21(29)15(10-19(27)24-30)9-14-5-3-4-6-14/h11,14-15,17,30H,2-10,12-13H2,1H3,(H,24,27)(H,23,25,28)/t15-,17+/m1/s1. The van der Waals surface area contributed by atoms with E-state index in [0.717, 1.165) is 38.5 Å². The molecular formula is C22H32N4O5. The average Bonchev–Trinajstić information content (AvgIpc) is 3.14. The smallest absolute Gasteiger partial charge is 0.248 e. The van der Waals surface area contributed by atoms with Gasteiger partial charge in [-0.1, -0.05) is 37.8 Å². The lowest BCUT2D eigenvalue weighted by molar-refractivity contribution is -0.144. The van der Waals surface area contributed by atoms with Crippen molar-refractivity contribution in [1.82, 2.24) is 15.5 Å². The van der Waals surface area contributed by atoms with E-state index in [1.807, 2.05) is 6.92 Å². The fraction of sp³-hybridized carbons (Fsp3) is 0.727. The van der Waals surface area contributed by atoms with Gasteiger partial charge >= 0.3 is 0 Å². The van der Waals surface area contributed by atoms with E-state index < -0.39 is 17.9 Å². The van der Waals surface area contributed by atoms with Crippen LogP contribution in [-0.2, 0) is 20.8 Å². The van der Waals surface area contributed by atoms with Crippen LogP contribution in [0.2, 0.25) is 0 Å². The number of anilines is 1. The number of aryl methyl sites for hydroxylation is 1. The number of carbonyl (C=O) groups excluding carboxylic acids is 3. The van der Waals surface area contributed by atoms with Crippen molar-refractivity contribution >= 4 is 23.5 Å². The molecule has 1 aromatic rings.